The van der Waals surface area contributed by atoms with Crippen LogP contribution in [0.25, 0.3) is 0 Å². The molecule has 1 aromatic heterocycles. The van der Waals surface area contributed by atoms with E-state index >= 15 is 0 Å². The number of thiophene rings is 1. The number of rotatable bonds is 2. The summed E-state index contributed by atoms with van der Waals surface area (Å²) in [4.78, 5) is 13.3. The first-order valence-corrected chi connectivity index (χ1v) is 7.05. The quantitative estimate of drug-likeness (QED) is 0.818. The Labute approximate surface area is 105 Å². The first-order valence-electron chi connectivity index (χ1n) is 6.17. The summed E-state index contributed by atoms with van der Waals surface area (Å²) in [5.74, 6) is 0.306. The topological polar surface area (TPSA) is 38.3 Å². The standard InChI is InChI=1S/C13H17NO2S/c1-16-13(15)9-7-8-4-5-10(14-8)12(9)11-3-2-6-17-11/h2-3,6,8-10,12,14H,4-5,7H2,1H3/t8-,9+,10-,12+/m1/s1. The zero-order valence-electron chi connectivity index (χ0n) is 9.89. The summed E-state index contributed by atoms with van der Waals surface area (Å²) in [7, 11) is 1.50. The fourth-order valence-corrected chi connectivity index (χ4v) is 4.28. The monoisotopic (exact) mass is 251 g/mol. The van der Waals surface area contributed by atoms with Crippen LogP contribution < -0.4 is 5.32 Å². The molecule has 4 heteroatoms. The van der Waals surface area contributed by atoms with Crippen molar-refractivity contribution in [3.8, 4) is 0 Å². The summed E-state index contributed by atoms with van der Waals surface area (Å²) in [6.07, 6.45) is 3.30. The van der Waals surface area contributed by atoms with Crippen molar-refractivity contribution in [3.63, 3.8) is 0 Å². The van der Waals surface area contributed by atoms with E-state index in [9.17, 15) is 4.79 Å². The van der Waals surface area contributed by atoms with Gasteiger partial charge in [-0.05, 0) is 30.7 Å². The van der Waals surface area contributed by atoms with Crippen LogP contribution in [0.15, 0.2) is 17.5 Å². The molecule has 1 aromatic rings. The average Bonchev–Trinajstić information content (AvgIpc) is 2.99. The van der Waals surface area contributed by atoms with Gasteiger partial charge in [-0.15, -0.1) is 11.3 Å². The van der Waals surface area contributed by atoms with Crippen molar-refractivity contribution in [2.45, 2.75) is 37.3 Å². The maximum absolute atomic E-state index is 11.9. The number of hydrogen-bond acceptors (Lipinski definition) is 4. The average molecular weight is 251 g/mol. The molecule has 0 amide bonds. The highest BCUT2D eigenvalue weighted by Crippen LogP contribution is 2.43. The molecule has 0 aliphatic carbocycles. The molecule has 0 spiro atoms. The van der Waals surface area contributed by atoms with Gasteiger partial charge in [0.1, 0.15) is 0 Å². The van der Waals surface area contributed by atoms with Crippen LogP contribution in [0.3, 0.4) is 0 Å². The third-order valence-corrected chi connectivity index (χ3v) is 5.03. The van der Waals surface area contributed by atoms with E-state index in [1.54, 1.807) is 11.3 Å². The third-order valence-electron chi connectivity index (χ3n) is 4.06. The summed E-state index contributed by atoms with van der Waals surface area (Å²) >= 11 is 1.75. The molecule has 3 rings (SSSR count). The fourth-order valence-electron chi connectivity index (χ4n) is 3.32. The Morgan fingerprint density at radius 1 is 1.53 bits per heavy atom. The lowest BCUT2D eigenvalue weighted by molar-refractivity contribution is -0.147. The molecule has 2 saturated heterocycles. The minimum Gasteiger partial charge on any atom is -0.469 e. The summed E-state index contributed by atoms with van der Waals surface area (Å²) in [6.45, 7) is 0. The lowest BCUT2D eigenvalue weighted by Crippen LogP contribution is -2.46. The summed E-state index contributed by atoms with van der Waals surface area (Å²) in [5, 5.41) is 5.72. The van der Waals surface area contributed by atoms with Gasteiger partial charge in [0.25, 0.3) is 0 Å². The van der Waals surface area contributed by atoms with Gasteiger partial charge in [0, 0.05) is 22.9 Å². The van der Waals surface area contributed by atoms with Gasteiger partial charge in [-0.1, -0.05) is 6.07 Å². The van der Waals surface area contributed by atoms with Crippen LogP contribution >= 0.6 is 11.3 Å². The van der Waals surface area contributed by atoms with Gasteiger partial charge >= 0.3 is 5.97 Å². The van der Waals surface area contributed by atoms with E-state index in [2.05, 4.69) is 22.8 Å². The molecule has 0 saturated carbocycles. The number of esters is 1. The van der Waals surface area contributed by atoms with E-state index in [1.165, 1.54) is 24.8 Å². The molecule has 92 valence electrons. The van der Waals surface area contributed by atoms with Crippen LogP contribution in [0, 0.1) is 5.92 Å². The van der Waals surface area contributed by atoms with Crippen molar-refractivity contribution >= 4 is 17.3 Å². The fraction of sp³-hybridized carbons (Fsp3) is 0.615. The molecule has 0 unspecified atom stereocenters. The lowest BCUT2D eigenvalue weighted by atomic mass is 9.80. The molecule has 2 aliphatic heterocycles. The van der Waals surface area contributed by atoms with Gasteiger partial charge in [0.05, 0.1) is 13.0 Å². The first-order chi connectivity index (χ1) is 8.29. The maximum Gasteiger partial charge on any atom is 0.309 e. The van der Waals surface area contributed by atoms with E-state index in [-0.39, 0.29) is 11.9 Å². The Morgan fingerprint density at radius 3 is 3.12 bits per heavy atom. The van der Waals surface area contributed by atoms with Gasteiger partial charge in [-0.2, -0.15) is 0 Å². The number of fused-ring (bicyclic) bond motifs is 2. The first kappa shape index (κ1) is 11.2. The van der Waals surface area contributed by atoms with Gasteiger partial charge in [-0.25, -0.2) is 0 Å². The van der Waals surface area contributed by atoms with Crippen LogP contribution in [-0.2, 0) is 9.53 Å². The van der Waals surface area contributed by atoms with E-state index in [4.69, 9.17) is 4.74 Å². The van der Waals surface area contributed by atoms with E-state index in [0.29, 0.717) is 18.0 Å². The molecule has 1 N–H and O–H groups in total. The minimum atomic E-state index is -0.0400. The van der Waals surface area contributed by atoms with Crippen LogP contribution in [-0.4, -0.2) is 25.2 Å². The van der Waals surface area contributed by atoms with Crippen molar-refractivity contribution in [3.05, 3.63) is 22.4 Å². The number of methoxy groups -OCH3 is 1. The van der Waals surface area contributed by atoms with Crippen molar-refractivity contribution in [1.29, 1.82) is 0 Å². The molecule has 17 heavy (non-hydrogen) atoms. The van der Waals surface area contributed by atoms with E-state index < -0.39 is 0 Å². The second-order valence-corrected chi connectivity index (χ2v) is 5.93. The molecule has 4 atom stereocenters. The van der Waals surface area contributed by atoms with Crippen molar-refractivity contribution in [1.82, 2.24) is 5.32 Å². The molecule has 2 aliphatic rings. The zero-order valence-corrected chi connectivity index (χ0v) is 10.7. The summed E-state index contributed by atoms with van der Waals surface area (Å²) in [5.41, 5.74) is 0. The molecule has 2 fully saturated rings. The molecule has 2 bridgehead atoms. The second kappa shape index (κ2) is 4.42. The van der Waals surface area contributed by atoms with Crippen molar-refractivity contribution < 1.29 is 9.53 Å². The summed E-state index contributed by atoms with van der Waals surface area (Å²) < 4.78 is 4.98. The number of piperidine rings is 1. The van der Waals surface area contributed by atoms with Crippen LogP contribution in [0.4, 0.5) is 0 Å². The van der Waals surface area contributed by atoms with Crippen LogP contribution in [0.1, 0.15) is 30.1 Å². The van der Waals surface area contributed by atoms with Gasteiger partial charge in [-0.3, -0.25) is 4.79 Å². The van der Waals surface area contributed by atoms with Gasteiger partial charge < -0.3 is 10.1 Å². The maximum atomic E-state index is 11.9. The predicted molar refractivity (Wildman–Crippen MR) is 67.1 cm³/mol. The molecule has 3 nitrogen and oxygen atoms in total. The molecule has 3 heterocycles. The van der Waals surface area contributed by atoms with Gasteiger partial charge in [0.15, 0.2) is 0 Å². The minimum absolute atomic E-state index is 0.0393. The van der Waals surface area contributed by atoms with Crippen molar-refractivity contribution in [2.75, 3.05) is 7.11 Å². The Morgan fingerprint density at radius 2 is 2.41 bits per heavy atom. The SMILES string of the molecule is COC(=O)[C@H]1C[C@H]2CC[C@@H](N2)[C@H]1c1cccs1. The van der Waals surface area contributed by atoms with Crippen LogP contribution in [0.5, 0.6) is 0 Å². The Bertz CT molecular complexity index is 404. The number of carbonyl (C=O) groups excluding carboxylic acids is 1. The molecule has 0 aromatic carbocycles. The highest BCUT2D eigenvalue weighted by Gasteiger charge is 2.46. The lowest BCUT2D eigenvalue weighted by Gasteiger charge is -2.35. The van der Waals surface area contributed by atoms with E-state index in [0.717, 1.165) is 6.42 Å². The number of hydrogen-bond donors (Lipinski definition) is 1. The molecular formula is C13H17NO2S. The molecule has 0 radical (unpaired) electrons. The normalized spacial score (nSPS) is 35.8. The zero-order chi connectivity index (χ0) is 11.8. The molecular weight excluding hydrogens is 234 g/mol. The van der Waals surface area contributed by atoms with Gasteiger partial charge in [0.2, 0.25) is 0 Å². The third kappa shape index (κ3) is 1.89. The largest absolute Gasteiger partial charge is 0.469 e. The Balaban J connectivity index is 1.92. The number of nitrogens with one attached hydrogen (secondary N) is 1. The Kier molecular flexibility index (Phi) is 2.92. The Hall–Kier alpha value is -0.870. The highest BCUT2D eigenvalue weighted by molar-refractivity contribution is 7.10. The number of carbonyl (C=O) groups is 1. The number of ether oxygens (including phenoxy) is 1. The summed E-state index contributed by atoms with van der Waals surface area (Å²) in [6, 6.07) is 5.18. The smallest absolute Gasteiger partial charge is 0.309 e. The predicted octanol–water partition coefficient (Wildman–Crippen LogP) is 2.15. The van der Waals surface area contributed by atoms with E-state index in [1.807, 2.05) is 0 Å². The van der Waals surface area contributed by atoms with Crippen LogP contribution in [0.2, 0.25) is 0 Å². The highest BCUT2D eigenvalue weighted by atomic mass is 32.1. The second-order valence-electron chi connectivity index (χ2n) is 4.95. The van der Waals surface area contributed by atoms with Crippen molar-refractivity contribution in [2.24, 2.45) is 5.92 Å².